The molecule has 5 heteroatoms. The Bertz CT molecular complexity index is 862. The van der Waals surface area contributed by atoms with Crippen LogP contribution in [-0.2, 0) is 6.54 Å². The van der Waals surface area contributed by atoms with Crippen LogP contribution in [0.25, 0.3) is 0 Å². The fourth-order valence-corrected chi connectivity index (χ4v) is 2.68. The molecule has 5 nitrogen and oxygen atoms in total. The molecule has 3 aromatic rings. The number of rotatable bonds is 7. The van der Waals surface area contributed by atoms with Crippen LogP contribution in [0, 0.1) is 0 Å². The van der Waals surface area contributed by atoms with Crippen molar-refractivity contribution in [3.05, 3.63) is 89.7 Å². The maximum Gasteiger partial charge on any atom is 0.270 e. The molecule has 138 valence electrons. The van der Waals surface area contributed by atoms with E-state index in [0.29, 0.717) is 12.2 Å². The maximum absolute atomic E-state index is 12.4. The van der Waals surface area contributed by atoms with Crippen molar-refractivity contribution in [2.24, 2.45) is 0 Å². The van der Waals surface area contributed by atoms with E-state index in [1.165, 1.54) is 0 Å². The molecule has 0 aliphatic carbocycles. The predicted molar refractivity (Wildman–Crippen MR) is 107 cm³/mol. The number of benzene rings is 2. The summed E-state index contributed by atoms with van der Waals surface area (Å²) in [6.45, 7) is 2.63. The van der Waals surface area contributed by atoms with Gasteiger partial charge < -0.3 is 15.4 Å². The number of aromatic nitrogens is 1. The Kier molecular flexibility index (Phi) is 6.05. The Morgan fingerprint density at radius 1 is 1.04 bits per heavy atom. The Morgan fingerprint density at radius 2 is 1.78 bits per heavy atom. The van der Waals surface area contributed by atoms with Crippen molar-refractivity contribution in [1.29, 1.82) is 0 Å². The number of anilines is 1. The molecular formula is C22H23N3O2. The quantitative estimate of drug-likeness (QED) is 0.662. The van der Waals surface area contributed by atoms with Crippen LogP contribution in [0.2, 0.25) is 0 Å². The van der Waals surface area contributed by atoms with E-state index in [-0.39, 0.29) is 11.9 Å². The van der Waals surface area contributed by atoms with Crippen LogP contribution in [-0.4, -0.2) is 18.0 Å². The van der Waals surface area contributed by atoms with Gasteiger partial charge in [-0.05, 0) is 42.3 Å². The van der Waals surface area contributed by atoms with Crippen LogP contribution < -0.4 is 15.4 Å². The molecular weight excluding hydrogens is 338 g/mol. The minimum Gasteiger partial charge on any atom is -0.497 e. The van der Waals surface area contributed by atoms with E-state index >= 15 is 0 Å². The highest BCUT2D eigenvalue weighted by Crippen LogP contribution is 2.15. The zero-order chi connectivity index (χ0) is 19.1. The van der Waals surface area contributed by atoms with Gasteiger partial charge in [0.2, 0.25) is 0 Å². The average molecular weight is 361 g/mol. The van der Waals surface area contributed by atoms with Crippen LogP contribution in [0.15, 0.2) is 72.9 Å². The molecule has 0 aliphatic heterocycles. The molecule has 1 atom stereocenters. The maximum atomic E-state index is 12.4. The SMILES string of the molecule is COc1ccc(CNc2ccc(C(=O)NC(C)c3ccccc3)nc2)cc1. The highest BCUT2D eigenvalue weighted by molar-refractivity contribution is 5.92. The lowest BCUT2D eigenvalue weighted by Crippen LogP contribution is -2.27. The van der Waals surface area contributed by atoms with E-state index in [1.807, 2.05) is 67.6 Å². The molecule has 3 rings (SSSR count). The summed E-state index contributed by atoms with van der Waals surface area (Å²) in [5, 5.41) is 6.26. The summed E-state index contributed by atoms with van der Waals surface area (Å²) < 4.78 is 5.15. The van der Waals surface area contributed by atoms with Gasteiger partial charge in [0, 0.05) is 6.54 Å². The minimum atomic E-state index is -0.187. The Hall–Kier alpha value is -3.34. The molecule has 0 spiro atoms. The number of amides is 1. The lowest BCUT2D eigenvalue weighted by Gasteiger charge is -2.14. The van der Waals surface area contributed by atoms with Crippen molar-refractivity contribution in [2.75, 3.05) is 12.4 Å². The van der Waals surface area contributed by atoms with E-state index < -0.39 is 0 Å². The van der Waals surface area contributed by atoms with Crippen molar-refractivity contribution >= 4 is 11.6 Å². The largest absolute Gasteiger partial charge is 0.497 e. The standard InChI is InChI=1S/C22H23N3O2/c1-16(18-6-4-3-5-7-18)25-22(26)21-13-10-19(15-24-21)23-14-17-8-11-20(27-2)12-9-17/h3-13,15-16,23H,14H2,1-2H3,(H,25,26). The zero-order valence-corrected chi connectivity index (χ0v) is 15.5. The van der Waals surface area contributed by atoms with E-state index in [0.717, 1.165) is 22.6 Å². The second-order valence-corrected chi connectivity index (χ2v) is 6.24. The van der Waals surface area contributed by atoms with Gasteiger partial charge >= 0.3 is 0 Å². The highest BCUT2D eigenvalue weighted by atomic mass is 16.5. The van der Waals surface area contributed by atoms with Gasteiger partial charge in [0.15, 0.2) is 0 Å². The van der Waals surface area contributed by atoms with Crippen LogP contribution in [0.1, 0.15) is 34.6 Å². The number of hydrogen-bond donors (Lipinski definition) is 2. The summed E-state index contributed by atoms with van der Waals surface area (Å²) >= 11 is 0. The molecule has 2 aromatic carbocycles. The molecule has 1 unspecified atom stereocenters. The van der Waals surface area contributed by atoms with Gasteiger partial charge in [0.05, 0.1) is 25.0 Å². The van der Waals surface area contributed by atoms with Crippen LogP contribution >= 0.6 is 0 Å². The third kappa shape index (κ3) is 5.07. The predicted octanol–water partition coefficient (Wildman–Crippen LogP) is 4.19. The highest BCUT2D eigenvalue weighted by Gasteiger charge is 2.12. The van der Waals surface area contributed by atoms with Gasteiger partial charge in [-0.1, -0.05) is 42.5 Å². The summed E-state index contributed by atoms with van der Waals surface area (Å²) in [5.74, 6) is 0.647. The number of carbonyl (C=O) groups is 1. The first-order chi connectivity index (χ1) is 13.2. The van der Waals surface area contributed by atoms with E-state index in [9.17, 15) is 4.79 Å². The fourth-order valence-electron chi connectivity index (χ4n) is 2.68. The van der Waals surface area contributed by atoms with Crippen molar-refractivity contribution in [3.8, 4) is 5.75 Å². The van der Waals surface area contributed by atoms with Gasteiger partial charge in [-0.3, -0.25) is 4.79 Å². The van der Waals surface area contributed by atoms with Gasteiger partial charge in [-0.2, -0.15) is 0 Å². The van der Waals surface area contributed by atoms with Gasteiger partial charge in [-0.15, -0.1) is 0 Å². The third-order valence-electron chi connectivity index (χ3n) is 4.30. The second-order valence-electron chi connectivity index (χ2n) is 6.24. The minimum absolute atomic E-state index is 0.0756. The monoisotopic (exact) mass is 361 g/mol. The molecule has 2 N–H and O–H groups in total. The molecule has 0 saturated heterocycles. The number of pyridine rings is 1. The Balaban J connectivity index is 1.55. The van der Waals surface area contributed by atoms with Crippen molar-refractivity contribution in [3.63, 3.8) is 0 Å². The lowest BCUT2D eigenvalue weighted by atomic mass is 10.1. The van der Waals surface area contributed by atoms with Crippen LogP contribution in [0.3, 0.4) is 0 Å². The Labute approximate surface area is 159 Å². The van der Waals surface area contributed by atoms with Gasteiger partial charge in [-0.25, -0.2) is 4.98 Å². The number of nitrogens with one attached hydrogen (secondary N) is 2. The molecule has 0 fully saturated rings. The Morgan fingerprint density at radius 3 is 2.41 bits per heavy atom. The fraction of sp³-hybridized carbons (Fsp3) is 0.182. The molecule has 1 aromatic heterocycles. The smallest absolute Gasteiger partial charge is 0.270 e. The van der Waals surface area contributed by atoms with Crippen LogP contribution in [0.5, 0.6) is 5.75 Å². The second kappa shape index (κ2) is 8.85. The normalized spacial score (nSPS) is 11.5. The molecule has 0 aliphatic rings. The molecule has 0 saturated carbocycles. The molecule has 0 bridgehead atoms. The van der Waals surface area contributed by atoms with E-state index in [4.69, 9.17) is 4.74 Å². The van der Waals surface area contributed by atoms with E-state index in [1.54, 1.807) is 19.4 Å². The summed E-state index contributed by atoms with van der Waals surface area (Å²) in [6.07, 6.45) is 1.67. The first-order valence-electron chi connectivity index (χ1n) is 8.84. The van der Waals surface area contributed by atoms with Gasteiger partial charge in [0.25, 0.3) is 5.91 Å². The topological polar surface area (TPSA) is 63.2 Å². The lowest BCUT2D eigenvalue weighted by molar-refractivity contribution is 0.0935. The van der Waals surface area contributed by atoms with Crippen molar-refractivity contribution in [1.82, 2.24) is 10.3 Å². The summed E-state index contributed by atoms with van der Waals surface area (Å²) in [5.41, 5.74) is 3.45. The summed E-state index contributed by atoms with van der Waals surface area (Å²) in [4.78, 5) is 16.6. The number of carbonyl (C=O) groups excluding carboxylic acids is 1. The molecule has 27 heavy (non-hydrogen) atoms. The number of hydrogen-bond acceptors (Lipinski definition) is 4. The van der Waals surface area contributed by atoms with E-state index in [2.05, 4.69) is 15.6 Å². The molecule has 0 radical (unpaired) electrons. The van der Waals surface area contributed by atoms with Crippen molar-refractivity contribution in [2.45, 2.75) is 19.5 Å². The summed E-state index contributed by atoms with van der Waals surface area (Å²) in [7, 11) is 1.65. The third-order valence-corrected chi connectivity index (χ3v) is 4.30. The number of methoxy groups -OCH3 is 1. The average Bonchev–Trinajstić information content (AvgIpc) is 2.73. The first-order valence-corrected chi connectivity index (χ1v) is 8.84. The zero-order valence-electron chi connectivity index (χ0n) is 15.5. The number of nitrogens with zero attached hydrogens (tertiary/aromatic N) is 1. The van der Waals surface area contributed by atoms with Crippen LogP contribution in [0.4, 0.5) is 5.69 Å². The van der Waals surface area contributed by atoms with Crippen molar-refractivity contribution < 1.29 is 9.53 Å². The molecule has 1 amide bonds. The summed E-state index contributed by atoms with van der Waals surface area (Å²) in [6, 6.07) is 21.2. The van der Waals surface area contributed by atoms with Gasteiger partial charge in [0.1, 0.15) is 11.4 Å². The number of ether oxygens (including phenoxy) is 1. The first kappa shape index (κ1) is 18.5. The molecule has 1 heterocycles.